The van der Waals surface area contributed by atoms with Crippen LogP contribution >= 0.6 is 0 Å². The van der Waals surface area contributed by atoms with Gasteiger partial charge in [-0.15, -0.1) is 0 Å². The van der Waals surface area contributed by atoms with E-state index in [1.54, 1.807) is 0 Å². The Labute approximate surface area is 164 Å². The highest BCUT2D eigenvalue weighted by Gasteiger charge is 2.47. The number of hydrogen-bond donors (Lipinski definition) is 1. The van der Waals surface area contributed by atoms with Gasteiger partial charge in [0.1, 0.15) is 5.82 Å². The van der Waals surface area contributed by atoms with Crippen LogP contribution in [-0.4, -0.2) is 54.8 Å². The normalized spacial score (nSPS) is 28.7. The second-order valence-corrected chi connectivity index (χ2v) is 8.12. The predicted molar refractivity (Wildman–Crippen MR) is 101 cm³/mol. The first-order valence-electron chi connectivity index (χ1n) is 10.3. The summed E-state index contributed by atoms with van der Waals surface area (Å²) in [6.45, 7) is 3.19. The summed E-state index contributed by atoms with van der Waals surface area (Å²) in [4.78, 5) is 42.3. The number of carbonyl (C=O) groups is 3. The van der Waals surface area contributed by atoms with Gasteiger partial charge < -0.3 is 9.80 Å². The molecular formula is C21H27FN3O3+. The Morgan fingerprint density at radius 3 is 2.29 bits per heavy atom. The van der Waals surface area contributed by atoms with E-state index in [4.69, 9.17) is 0 Å². The van der Waals surface area contributed by atoms with Crippen molar-refractivity contribution < 1.29 is 23.7 Å². The zero-order chi connectivity index (χ0) is 19.7. The number of quaternary nitrogens is 1. The molecule has 7 heteroatoms. The number of anilines is 1. The van der Waals surface area contributed by atoms with E-state index in [0.717, 1.165) is 56.8 Å². The van der Waals surface area contributed by atoms with Crippen LogP contribution in [0.1, 0.15) is 38.5 Å². The molecule has 0 bridgehead atoms. The van der Waals surface area contributed by atoms with Gasteiger partial charge in [-0.2, -0.15) is 0 Å². The monoisotopic (exact) mass is 388 g/mol. The van der Waals surface area contributed by atoms with Crippen LogP contribution < -0.4 is 9.80 Å². The van der Waals surface area contributed by atoms with Crippen LogP contribution in [0.15, 0.2) is 24.3 Å². The molecule has 28 heavy (non-hydrogen) atoms. The van der Waals surface area contributed by atoms with Crippen LogP contribution in [0.2, 0.25) is 0 Å². The third kappa shape index (κ3) is 3.68. The van der Waals surface area contributed by atoms with Crippen LogP contribution in [-0.2, 0) is 14.4 Å². The highest BCUT2D eigenvalue weighted by molar-refractivity contribution is 6.21. The Morgan fingerprint density at radius 1 is 1.00 bits per heavy atom. The van der Waals surface area contributed by atoms with E-state index in [-0.39, 0.29) is 30.1 Å². The Hall–Kier alpha value is -2.28. The van der Waals surface area contributed by atoms with Crippen LogP contribution in [0.4, 0.5) is 10.1 Å². The fourth-order valence-electron chi connectivity index (χ4n) is 4.77. The molecule has 0 unspecified atom stereocenters. The number of piperidine rings is 2. The fraction of sp³-hybridized carbons (Fsp3) is 0.571. The first-order valence-corrected chi connectivity index (χ1v) is 10.3. The predicted octanol–water partition coefficient (Wildman–Crippen LogP) is 0.765. The topological polar surface area (TPSA) is 62.1 Å². The van der Waals surface area contributed by atoms with Crippen LogP contribution in [0.5, 0.6) is 0 Å². The van der Waals surface area contributed by atoms with Crippen molar-refractivity contribution in [3.05, 3.63) is 30.1 Å². The van der Waals surface area contributed by atoms with E-state index in [9.17, 15) is 18.8 Å². The lowest BCUT2D eigenvalue weighted by atomic mass is 9.93. The van der Waals surface area contributed by atoms with E-state index in [1.165, 1.54) is 35.6 Å². The number of imide groups is 1. The highest BCUT2D eigenvalue weighted by atomic mass is 19.1. The van der Waals surface area contributed by atoms with Gasteiger partial charge in [0.15, 0.2) is 6.04 Å². The molecule has 3 amide bonds. The number of amides is 3. The maximum absolute atomic E-state index is 13.1. The molecule has 3 aliphatic rings. The van der Waals surface area contributed by atoms with Crippen molar-refractivity contribution in [2.75, 3.05) is 31.1 Å². The lowest BCUT2D eigenvalue weighted by molar-refractivity contribution is -0.920. The summed E-state index contributed by atoms with van der Waals surface area (Å²) in [5, 5.41) is 0. The summed E-state index contributed by atoms with van der Waals surface area (Å²) >= 11 is 0. The number of benzene rings is 1. The van der Waals surface area contributed by atoms with Gasteiger partial charge in [0.2, 0.25) is 11.8 Å². The molecule has 0 saturated carbocycles. The molecule has 1 aromatic carbocycles. The van der Waals surface area contributed by atoms with E-state index in [2.05, 4.69) is 0 Å². The van der Waals surface area contributed by atoms with Crippen molar-refractivity contribution in [3.8, 4) is 0 Å². The number of nitrogens with zero attached hydrogens (tertiary/aromatic N) is 2. The first-order chi connectivity index (χ1) is 13.5. The Bertz CT molecular complexity index is 753. The Balaban J connectivity index is 1.37. The highest BCUT2D eigenvalue weighted by Crippen LogP contribution is 2.23. The van der Waals surface area contributed by atoms with E-state index in [0.29, 0.717) is 5.69 Å². The third-order valence-corrected chi connectivity index (χ3v) is 6.37. The van der Waals surface area contributed by atoms with Crippen molar-refractivity contribution in [1.29, 1.82) is 0 Å². The lowest BCUT2D eigenvalue weighted by Gasteiger charge is -2.35. The second-order valence-electron chi connectivity index (χ2n) is 8.12. The molecule has 3 aliphatic heterocycles. The molecule has 1 aromatic rings. The minimum atomic E-state index is -0.399. The van der Waals surface area contributed by atoms with Crippen LogP contribution in [0, 0.1) is 11.7 Å². The van der Waals surface area contributed by atoms with Gasteiger partial charge >= 0.3 is 0 Å². The van der Waals surface area contributed by atoms with Crippen LogP contribution in [0.3, 0.4) is 0 Å². The molecule has 3 fully saturated rings. The summed E-state index contributed by atoms with van der Waals surface area (Å²) in [6, 6.07) is 5.05. The molecule has 4 rings (SSSR count). The van der Waals surface area contributed by atoms with E-state index in [1.807, 2.05) is 4.90 Å². The van der Waals surface area contributed by atoms with Gasteiger partial charge in [-0.05, 0) is 43.5 Å². The standard InChI is InChI=1S/C21H26FN3O3/c22-16-4-6-17(7-5-16)25-19(26)14-18(21(25)28)23-12-8-15(9-13-23)20(27)24-10-2-1-3-11-24/h4-7,15,18H,1-3,8-14H2/p+1/t18-/m1/s1. The fourth-order valence-corrected chi connectivity index (χ4v) is 4.77. The summed E-state index contributed by atoms with van der Waals surface area (Å²) < 4.78 is 13.1. The maximum Gasteiger partial charge on any atom is 0.292 e. The Morgan fingerprint density at radius 2 is 1.64 bits per heavy atom. The first kappa shape index (κ1) is 19.1. The van der Waals surface area contributed by atoms with Crippen molar-refractivity contribution in [1.82, 2.24) is 4.90 Å². The lowest BCUT2D eigenvalue weighted by Crippen LogP contribution is -3.17. The average molecular weight is 388 g/mol. The molecule has 0 aliphatic carbocycles. The zero-order valence-corrected chi connectivity index (χ0v) is 16.0. The van der Waals surface area contributed by atoms with Crippen molar-refractivity contribution in [3.63, 3.8) is 0 Å². The van der Waals surface area contributed by atoms with E-state index >= 15 is 0 Å². The molecule has 150 valence electrons. The molecule has 6 nitrogen and oxygen atoms in total. The van der Waals surface area contributed by atoms with Crippen molar-refractivity contribution >= 4 is 23.4 Å². The largest absolute Gasteiger partial charge is 0.342 e. The van der Waals surface area contributed by atoms with Gasteiger partial charge in [-0.1, -0.05) is 0 Å². The minimum Gasteiger partial charge on any atom is -0.342 e. The van der Waals surface area contributed by atoms with Gasteiger partial charge in [0, 0.05) is 31.8 Å². The van der Waals surface area contributed by atoms with Gasteiger partial charge in [-0.3, -0.25) is 14.4 Å². The molecule has 1 atom stereocenters. The second kappa shape index (κ2) is 7.99. The molecule has 0 spiro atoms. The third-order valence-electron chi connectivity index (χ3n) is 6.37. The molecule has 0 radical (unpaired) electrons. The van der Waals surface area contributed by atoms with E-state index < -0.39 is 11.9 Å². The summed E-state index contributed by atoms with van der Waals surface area (Å²) in [5.41, 5.74) is 0.425. The van der Waals surface area contributed by atoms with Gasteiger partial charge in [-0.25, -0.2) is 9.29 Å². The quantitative estimate of drug-likeness (QED) is 0.778. The smallest absolute Gasteiger partial charge is 0.292 e. The molecule has 0 aromatic heterocycles. The maximum atomic E-state index is 13.1. The summed E-state index contributed by atoms with van der Waals surface area (Å²) in [6.07, 6.45) is 5.09. The summed E-state index contributed by atoms with van der Waals surface area (Å²) in [7, 11) is 0. The molecule has 3 heterocycles. The number of likely N-dealkylation sites (tertiary alicyclic amines) is 2. The molecular weight excluding hydrogens is 361 g/mol. The van der Waals surface area contributed by atoms with Crippen molar-refractivity contribution in [2.24, 2.45) is 5.92 Å². The summed E-state index contributed by atoms with van der Waals surface area (Å²) in [5.74, 6) is -0.540. The number of halogens is 1. The minimum absolute atomic E-state index is 0.0438. The number of carbonyl (C=O) groups excluding carboxylic acids is 3. The number of rotatable bonds is 3. The molecule has 3 saturated heterocycles. The Kier molecular flexibility index (Phi) is 5.44. The average Bonchev–Trinajstić information content (AvgIpc) is 3.03. The van der Waals surface area contributed by atoms with Crippen LogP contribution in [0.25, 0.3) is 0 Å². The number of hydrogen-bond acceptors (Lipinski definition) is 3. The van der Waals surface area contributed by atoms with Gasteiger partial charge in [0.05, 0.1) is 25.2 Å². The zero-order valence-electron chi connectivity index (χ0n) is 16.0. The van der Waals surface area contributed by atoms with Crippen molar-refractivity contribution in [2.45, 2.75) is 44.6 Å². The SMILES string of the molecule is O=C(C1CC[NH+]([C@@H]2CC(=O)N(c3ccc(F)cc3)C2=O)CC1)N1CCCCC1. The van der Waals surface area contributed by atoms with Gasteiger partial charge in [0.25, 0.3) is 5.91 Å². The molecule has 1 N–H and O–H groups in total. The number of nitrogens with one attached hydrogen (secondary N) is 1.